The number of sulfone groups is 1. The maximum absolute atomic E-state index is 12.3. The summed E-state index contributed by atoms with van der Waals surface area (Å²) in [7, 11) is -3.51. The van der Waals surface area contributed by atoms with Crippen LogP contribution < -0.4 is 0 Å². The van der Waals surface area contributed by atoms with Crippen LogP contribution >= 0.6 is 0 Å². The zero-order valence-corrected chi connectivity index (χ0v) is 8.98. The van der Waals surface area contributed by atoms with E-state index in [4.69, 9.17) is 0 Å². The van der Waals surface area contributed by atoms with Crippen molar-refractivity contribution in [1.29, 1.82) is 0 Å². The van der Waals surface area contributed by atoms with E-state index in [1.165, 1.54) is 12.1 Å². The smallest absolute Gasteiger partial charge is 0.216 e. The fourth-order valence-corrected chi connectivity index (χ4v) is 1.23. The monoisotopic (exact) mass is 248 g/mol. The zero-order chi connectivity index (χ0) is 12.4. The molecule has 1 aromatic rings. The molecule has 16 heavy (non-hydrogen) atoms. The summed E-state index contributed by atoms with van der Waals surface area (Å²) in [6, 6.07) is 4.19. The van der Waals surface area contributed by atoms with E-state index in [-0.39, 0.29) is 5.56 Å². The summed E-state index contributed by atoms with van der Waals surface area (Å²) in [6.07, 6.45) is -3.57. The van der Waals surface area contributed by atoms with Crippen molar-refractivity contribution in [1.82, 2.24) is 0 Å². The van der Waals surface area contributed by atoms with E-state index in [1.54, 1.807) is 0 Å². The molecule has 0 atom stereocenters. The lowest BCUT2D eigenvalue weighted by Crippen LogP contribution is -2.04. The van der Waals surface area contributed by atoms with Gasteiger partial charge in [-0.2, -0.15) is 13.2 Å². The highest BCUT2D eigenvalue weighted by molar-refractivity contribution is 7.95. The lowest BCUT2D eigenvalue weighted by Gasteiger charge is -2.05. The molecule has 86 valence electrons. The molecule has 0 saturated heterocycles. The molecule has 0 radical (unpaired) electrons. The fraction of sp³-hybridized carbons (Fsp3) is 0.200. The summed E-state index contributed by atoms with van der Waals surface area (Å²) in [4.78, 5) is 0. The van der Waals surface area contributed by atoms with Gasteiger partial charge in [-0.25, -0.2) is 8.42 Å². The van der Waals surface area contributed by atoms with Crippen LogP contribution in [0.1, 0.15) is 11.1 Å². The molecule has 0 aromatic heterocycles. The molecule has 0 heterocycles. The first kappa shape index (κ1) is 12.6. The van der Waals surface area contributed by atoms with Crippen LogP contribution in [0.25, 0.3) is 0 Å². The number of halogens is 3. The van der Waals surface area contributed by atoms with E-state index in [2.05, 4.69) is 5.92 Å². The SMILES string of the molecule is CS(=O)(=O)C#Cc1cccc(C(F)(F)F)c1. The molecule has 0 N–H and O–H groups in total. The van der Waals surface area contributed by atoms with Gasteiger partial charge in [0.1, 0.15) is 0 Å². The Hall–Kier alpha value is -1.48. The van der Waals surface area contributed by atoms with E-state index in [9.17, 15) is 21.6 Å². The van der Waals surface area contributed by atoms with Crippen molar-refractivity contribution in [2.75, 3.05) is 6.26 Å². The van der Waals surface area contributed by atoms with E-state index in [0.717, 1.165) is 18.4 Å². The van der Waals surface area contributed by atoms with Gasteiger partial charge in [-0.1, -0.05) is 12.0 Å². The van der Waals surface area contributed by atoms with Gasteiger partial charge in [-0.05, 0) is 18.2 Å². The average Bonchev–Trinajstić information content (AvgIpc) is 2.13. The van der Waals surface area contributed by atoms with Crippen LogP contribution in [0.3, 0.4) is 0 Å². The lowest BCUT2D eigenvalue weighted by atomic mass is 10.1. The molecule has 0 aliphatic heterocycles. The Morgan fingerprint density at radius 1 is 1.25 bits per heavy atom. The predicted molar refractivity (Wildman–Crippen MR) is 53.2 cm³/mol. The highest BCUT2D eigenvalue weighted by Gasteiger charge is 2.30. The van der Waals surface area contributed by atoms with Gasteiger partial charge in [0.05, 0.1) is 11.8 Å². The van der Waals surface area contributed by atoms with Crippen LogP contribution in [0.5, 0.6) is 0 Å². The maximum atomic E-state index is 12.3. The van der Waals surface area contributed by atoms with Crippen LogP contribution in [-0.4, -0.2) is 14.7 Å². The summed E-state index contributed by atoms with van der Waals surface area (Å²) in [5.74, 6) is 2.16. The Balaban J connectivity index is 3.13. The molecule has 0 spiro atoms. The molecule has 1 rings (SSSR count). The van der Waals surface area contributed by atoms with E-state index < -0.39 is 21.6 Å². The second-order valence-electron chi connectivity index (χ2n) is 3.08. The quantitative estimate of drug-likeness (QED) is 0.658. The molecule has 0 bridgehead atoms. The van der Waals surface area contributed by atoms with Gasteiger partial charge >= 0.3 is 6.18 Å². The third kappa shape index (κ3) is 3.95. The largest absolute Gasteiger partial charge is 0.416 e. The van der Waals surface area contributed by atoms with Gasteiger partial charge in [0.2, 0.25) is 9.84 Å². The second-order valence-corrected chi connectivity index (χ2v) is 4.83. The first-order valence-corrected chi connectivity index (χ1v) is 5.98. The third-order valence-corrected chi connectivity index (χ3v) is 2.04. The number of rotatable bonds is 0. The first-order chi connectivity index (χ1) is 7.18. The minimum absolute atomic E-state index is 0.0141. The maximum Gasteiger partial charge on any atom is 0.416 e. The number of alkyl halides is 3. The Labute approximate surface area is 91.0 Å². The average molecular weight is 248 g/mol. The van der Waals surface area contributed by atoms with Crippen molar-refractivity contribution >= 4 is 9.84 Å². The first-order valence-electron chi connectivity index (χ1n) is 4.08. The molecule has 0 amide bonds. The van der Waals surface area contributed by atoms with Gasteiger partial charge in [0.15, 0.2) is 0 Å². The van der Waals surface area contributed by atoms with Crippen molar-refractivity contribution in [3.05, 3.63) is 35.4 Å². The van der Waals surface area contributed by atoms with E-state index >= 15 is 0 Å². The van der Waals surface area contributed by atoms with Gasteiger partial charge in [0, 0.05) is 10.8 Å². The van der Waals surface area contributed by atoms with Gasteiger partial charge in [0.25, 0.3) is 0 Å². The topological polar surface area (TPSA) is 34.1 Å². The number of benzene rings is 1. The van der Waals surface area contributed by atoms with Crippen molar-refractivity contribution in [3.63, 3.8) is 0 Å². The highest BCUT2D eigenvalue weighted by atomic mass is 32.2. The second kappa shape index (κ2) is 4.18. The summed E-state index contributed by atoms with van der Waals surface area (Å²) < 4.78 is 58.2. The minimum Gasteiger partial charge on any atom is -0.216 e. The van der Waals surface area contributed by atoms with E-state index in [0.29, 0.717) is 0 Å². The fourth-order valence-electron chi connectivity index (χ4n) is 0.925. The lowest BCUT2D eigenvalue weighted by molar-refractivity contribution is -0.137. The van der Waals surface area contributed by atoms with Crippen molar-refractivity contribution < 1.29 is 21.6 Å². The van der Waals surface area contributed by atoms with Crippen molar-refractivity contribution in [2.45, 2.75) is 6.18 Å². The molecule has 0 saturated carbocycles. The Morgan fingerprint density at radius 3 is 2.38 bits per heavy atom. The summed E-state index contributed by atoms with van der Waals surface area (Å²) in [5, 5.41) is 1.87. The summed E-state index contributed by atoms with van der Waals surface area (Å²) >= 11 is 0. The molecule has 0 aliphatic rings. The summed E-state index contributed by atoms with van der Waals surface area (Å²) in [5.41, 5.74) is -0.840. The minimum atomic E-state index is -4.46. The molecular formula is C10H7F3O2S. The van der Waals surface area contributed by atoms with Crippen LogP contribution in [0, 0.1) is 11.2 Å². The van der Waals surface area contributed by atoms with Gasteiger partial charge in [-0.3, -0.25) is 0 Å². The Morgan fingerprint density at radius 2 is 1.88 bits per heavy atom. The Bertz CT molecular complexity index is 547. The normalized spacial score (nSPS) is 11.8. The van der Waals surface area contributed by atoms with Crippen LogP contribution in [0.15, 0.2) is 24.3 Å². The van der Waals surface area contributed by atoms with Crippen LogP contribution in [0.2, 0.25) is 0 Å². The zero-order valence-electron chi connectivity index (χ0n) is 8.17. The number of hydrogen-bond donors (Lipinski definition) is 0. The van der Waals surface area contributed by atoms with Crippen molar-refractivity contribution in [2.24, 2.45) is 0 Å². The predicted octanol–water partition coefficient (Wildman–Crippen LogP) is 2.06. The number of hydrogen-bond acceptors (Lipinski definition) is 2. The molecule has 1 aromatic carbocycles. The molecule has 0 unspecified atom stereocenters. The third-order valence-electron chi connectivity index (χ3n) is 1.57. The van der Waals surface area contributed by atoms with Crippen LogP contribution in [0.4, 0.5) is 13.2 Å². The molecule has 6 heteroatoms. The highest BCUT2D eigenvalue weighted by Crippen LogP contribution is 2.29. The van der Waals surface area contributed by atoms with Gasteiger partial charge in [-0.15, -0.1) is 0 Å². The van der Waals surface area contributed by atoms with Crippen LogP contribution in [-0.2, 0) is 16.0 Å². The van der Waals surface area contributed by atoms with Gasteiger partial charge < -0.3 is 0 Å². The molecule has 2 nitrogen and oxygen atoms in total. The molecule has 0 aliphatic carbocycles. The standard InChI is InChI=1S/C10H7F3O2S/c1-16(14,15)6-5-8-3-2-4-9(7-8)10(11,12)13/h2-4,7H,1H3. The summed E-state index contributed by atoms with van der Waals surface area (Å²) in [6.45, 7) is 0. The molecule has 0 fully saturated rings. The van der Waals surface area contributed by atoms with E-state index in [1.807, 2.05) is 5.25 Å². The van der Waals surface area contributed by atoms with Crippen molar-refractivity contribution in [3.8, 4) is 11.2 Å². The molecular weight excluding hydrogens is 241 g/mol. The Kier molecular flexibility index (Phi) is 3.29.